The first-order valence-corrected chi connectivity index (χ1v) is 6.54. The summed E-state index contributed by atoms with van der Waals surface area (Å²) in [6.45, 7) is 5.04. The molecule has 3 heteroatoms. The predicted octanol–water partition coefficient (Wildman–Crippen LogP) is 2.62. The van der Waals surface area contributed by atoms with Crippen molar-refractivity contribution in [1.29, 1.82) is 0 Å². The fraction of sp³-hybridized carbons (Fsp3) is 1.00. The van der Waals surface area contributed by atoms with Crippen LogP contribution >= 0.6 is 0 Å². The van der Waals surface area contributed by atoms with Gasteiger partial charge >= 0.3 is 99.8 Å². The minimum atomic E-state index is -0.126. The molecular formula is C11H23O2Ti. The van der Waals surface area contributed by atoms with Crippen LogP contribution in [-0.4, -0.2) is 22.2 Å². The fourth-order valence-corrected chi connectivity index (χ4v) is 1.61. The van der Waals surface area contributed by atoms with Crippen molar-refractivity contribution in [1.82, 2.24) is 0 Å². The molecule has 0 saturated carbocycles. The van der Waals surface area contributed by atoms with Crippen molar-refractivity contribution < 1.29 is 30.3 Å². The quantitative estimate of drug-likeness (QED) is 0.491. The van der Waals surface area contributed by atoms with E-state index in [1.807, 2.05) is 20.4 Å². The second-order valence-electron chi connectivity index (χ2n) is 3.99. The second kappa shape index (κ2) is 10.2. The van der Waals surface area contributed by atoms with Gasteiger partial charge in [0.05, 0.1) is 0 Å². The van der Waals surface area contributed by atoms with Gasteiger partial charge in [0.25, 0.3) is 0 Å². The van der Waals surface area contributed by atoms with Crippen LogP contribution in [0.1, 0.15) is 52.4 Å². The van der Waals surface area contributed by atoms with Gasteiger partial charge in [0.2, 0.25) is 0 Å². The molecule has 0 aromatic carbocycles. The molecule has 83 valence electrons. The molecule has 0 aliphatic heterocycles. The van der Waals surface area contributed by atoms with Crippen LogP contribution in [0.5, 0.6) is 0 Å². The van der Waals surface area contributed by atoms with E-state index >= 15 is 0 Å². The zero-order valence-electron chi connectivity index (χ0n) is 9.46. The molecule has 0 aliphatic carbocycles. The van der Waals surface area contributed by atoms with Crippen LogP contribution < -0.4 is 0 Å². The first-order chi connectivity index (χ1) is 6.63. The van der Waals surface area contributed by atoms with E-state index in [1.54, 1.807) is 0 Å². The summed E-state index contributed by atoms with van der Waals surface area (Å²) in [7, 11) is 0. The topological polar surface area (TPSA) is 29.5 Å². The van der Waals surface area contributed by atoms with Crippen LogP contribution in [-0.2, 0) is 25.2 Å². The second-order valence-corrected chi connectivity index (χ2v) is 5.03. The molecule has 1 N–H and O–H groups in total. The molecule has 0 amide bonds. The molecule has 0 fully saturated rings. The molecule has 0 spiro atoms. The summed E-state index contributed by atoms with van der Waals surface area (Å²) in [5, 5.41) is 9.03. The standard InChI is InChI=1S/C11H23O2.Ti/c1-11(2)13-10-8-6-4-3-5-7-9-12;/h9,11-12H,3-8,10H2,1-2H3;. The molecule has 0 radical (unpaired) electrons. The van der Waals surface area contributed by atoms with Crippen LogP contribution in [0.2, 0.25) is 0 Å². The van der Waals surface area contributed by atoms with Crippen molar-refractivity contribution in [2.45, 2.75) is 62.9 Å². The normalized spacial score (nSPS) is 13.4. The third-order valence-electron chi connectivity index (χ3n) is 2.07. The average molecular weight is 235 g/mol. The van der Waals surface area contributed by atoms with Gasteiger partial charge in [-0.15, -0.1) is 0 Å². The van der Waals surface area contributed by atoms with Crippen LogP contribution in [0.3, 0.4) is 0 Å². The molecule has 0 rings (SSSR count). The minimum absolute atomic E-state index is 0.126. The van der Waals surface area contributed by atoms with E-state index in [-0.39, 0.29) is 4.41 Å². The van der Waals surface area contributed by atoms with E-state index < -0.39 is 0 Å². The Kier molecular flexibility index (Phi) is 10.6. The zero-order chi connectivity index (χ0) is 10.8. The SMILES string of the molecule is CC(C)OCCCCCCC[CH](O)[Ti]. The molecule has 1 atom stereocenters. The van der Waals surface area contributed by atoms with Gasteiger partial charge in [-0.3, -0.25) is 0 Å². The summed E-state index contributed by atoms with van der Waals surface area (Å²) in [4.78, 5) is 0. The first-order valence-electron chi connectivity index (χ1n) is 5.63. The van der Waals surface area contributed by atoms with E-state index in [4.69, 9.17) is 9.84 Å². The first kappa shape index (κ1) is 14.6. The van der Waals surface area contributed by atoms with Gasteiger partial charge in [-0.05, 0) is 0 Å². The van der Waals surface area contributed by atoms with Crippen LogP contribution in [0.15, 0.2) is 0 Å². The molecular weight excluding hydrogens is 212 g/mol. The molecule has 0 aromatic rings. The maximum absolute atomic E-state index is 9.03. The van der Waals surface area contributed by atoms with Gasteiger partial charge in [0.1, 0.15) is 0 Å². The predicted molar refractivity (Wildman–Crippen MR) is 54.8 cm³/mol. The molecule has 0 aliphatic rings. The number of hydrogen-bond donors (Lipinski definition) is 1. The number of ether oxygens (including phenoxy) is 1. The van der Waals surface area contributed by atoms with Gasteiger partial charge in [-0.25, -0.2) is 0 Å². The number of aliphatic hydroxyl groups is 1. The summed E-state index contributed by atoms with van der Waals surface area (Å²) in [6, 6.07) is 0. The molecule has 0 saturated heterocycles. The monoisotopic (exact) mass is 235 g/mol. The van der Waals surface area contributed by atoms with Crippen molar-refractivity contribution in [3.8, 4) is 0 Å². The Bertz CT molecular complexity index is 102. The van der Waals surface area contributed by atoms with Gasteiger partial charge in [0.15, 0.2) is 0 Å². The summed E-state index contributed by atoms with van der Waals surface area (Å²) >= 11 is 1.86. The van der Waals surface area contributed by atoms with Gasteiger partial charge in [0, 0.05) is 0 Å². The third kappa shape index (κ3) is 12.6. The Morgan fingerprint density at radius 2 is 1.64 bits per heavy atom. The van der Waals surface area contributed by atoms with Crippen molar-refractivity contribution in [3.05, 3.63) is 0 Å². The molecule has 0 bridgehead atoms. The average Bonchev–Trinajstić information content (AvgIpc) is 2.08. The van der Waals surface area contributed by atoms with E-state index in [1.165, 1.54) is 25.7 Å². The Hall–Kier alpha value is 0.634. The van der Waals surface area contributed by atoms with E-state index in [0.717, 1.165) is 19.4 Å². The van der Waals surface area contributed by atoms with Gasteiger partial charge in [-0.2, -0.15) is 0 Å². The van der Waals surface area contributed by atoms with E-state index in [2.05, 4.69) is 13.8 Å². The molecule has 0 aromatic heterocycles. The summed E-state index contributed by atoms with van der Waals surface area (Å²) in [6.07, 6.45) is 7.41. The molecule has 14 heavy (non-hydrogen) atoms. The zero-order valence-corrected chi connectivity index (χ0v) is 11.0. The van der Waals surface area contributed by atoms with Crippen LogP contribution in [0.4, 0.5) is 0 Å². The maximum atomic E-state index is 9.03. The number of rotatable bonds is 9. The van der Waals surface area contributed by atoms with Gasteiger partial charge < -0.3 is 0 Å². The number of unbranched alkanes of at least 4 members (excludes halogenated alkanes) is 4. The molecule has 0 heterocycles. The Balaban J connectivity index is 2.92. The van der Waals surface area contributed by atoms with Crippen LogP contribution in [0, 0.1) is 0 Å². The molecule has 1 unspecified atom stereocenters. The summed E-state index contributed by atoms with van der Waals surface area (Å²) in [5.74, 6) is 0. The fourth-order valence-electron chi connectivity index (χ4n) is 1.29. The van der Waals surface area contributed by atoms with Crippen molar-refractivity contribution in [3.63, 3.8) is 0 Å². The van der Waals surface area contributed by atoms with E-state index in [9.17, 15) is 0 Å². The van der Waals surface area contributed by atoms with Crippen LogP contribution in [0.25, 0.3) is 0 Å². The Morgan fingerprint density at radius 1 is 1.07 bits per heavy atom. The number of hydrogen-bond acceptors (Lipinski definition) is 2. The third-order valence-corrected chi connectivity index (χ3v) is 2.52. The summed E-state index contributed by atoms with van der Waals surface area (Å²) in [5.41, 5.74) is 0. The van der Waals surface area contributed by atoms with Crippen molar-refractivity contribution >= 4 is 0 Å². The Morgan fingerprint density at radius 3 is 2.21 bits per heavy atom. The van der Waals surface area contributed by atoms with Crippen molar-refractivity contribution in [2.75, 3.05) is 6.61 Å². The van der Waals surface area contributed by atoms with Gasteiger partial charge in [-0.1, -0.05) is 0 Å². The van der Waals surface area contributed by atoms with Crippen molar-refractivity contribution in [2.24, 2.45) is 0 Å². The summed E-state index contributed by atoms with van der Waals surface area (Å²) < 4.78 is 5.32. The Labute approximate surface area is 99.8 Å². The van der Waals surface area contributed by atoms with E-state index in [0.29, 0.717) is 6.10 Å². The number of aliphatic hydroxyl groups excluding tert-OH is 1. The molecule has 2 nitrogen and oxygen atoms in total.